The molecule has 0 bridgehead atoms. The zero-order valence-electron chi connectivity index (χ0n) is 10.0. The van der Waals surface area contributed by atoms with Crippen molar-refractivity contribution in [1.29, 1.82) is 0 Å². The molecule has 8 heteroatoms. The summed E-state index contributed by atoms with van der Waals surface area (Å²) in [5, 5.41) is 20.8. The van der Waals surface area contributed by atoms with Crippen molar-refractivity contribution < 1.29 is 10.0 Å². The molecule has 0 saturated carbocycles. The second kappa shape index (κ2) is 4.37. The van der Waals surface area contributed by atoms with Crippen LogP contribution in [-0.4, -0.2) is 38.7 Å². The van der Waals surface area contributed by atoms with Gasteiger partial charge in [-0.3, -0.25) is 10.1 Å². The van der Waals surface area contributed by atoms with Gasteiger partial charge in [-0.05, 0) is 19.8 Å². The van der Waals surface area contributed by atoms with Crippen LogP contribution in [0.4, 0.5) is 17.3 Å². The fraction of sp³-hybridized carbons (Fsp3) is 0.600. The molecule has 0 spiro atoms. The lowest BCUT2D eigenvalue weighted by Gasteiger charge is -2.36. The summed E-state index contributed by atoms with van der Waals surface area (Å²) in [5.74, 6) is 0.0883. The molecule has 1 aliphatic rings. The van der Waals surface area contributed by atoms with Crippen molar-refractivity contribution in [2.75, 3.05) is 23.7 Å². The van der Waals surface area contributed by atoms with Crippen molar-refractivity contribution in [3.8, 4) is 0 Å². The summed E-state index contributed by atoms with van der Waals surface area (Å²) in [6.07, 6.45) is 2.28. The molecule has 0 unspecified atom stereocenters. The maximum atomic E-state index is 11.0. The summed E-state index contributed by atoms with van der Waals surface area (Å²) in [7, 11) is 0. The van der Waals surface area contributed by atoms with Crippen molar-refractivity contribution in [1.82, 2.24) is 9.97 Å². The van der Waals surface area contributed by atoms with Gasteiger partial charge in [0.1, 0.15) is 6.33 Å². The highest BCUT2D eigenvalue weighted by Crippen LogP contribution is 2.33. The summed E-state index contributed by atoms with van der Waals surface area (Å²) in [5.41, 5.74) is 4.53. The molecule has 0 radical (unpaired) electrons. The largest absolute Gasteiger partial charge is 0.390 e. The van der Waals surface area contributed by atoms with Gasteiger partial charge in [-0.1, -0.05) is 0 Å². The van der Waals surface area contributed by atoms with E-state index in [2.05, 4.69) is 9.97 Å². The van der Waals surface area contributed by atoms with E-state index in [1.807, 2.05) is 0 Å². The minimum Gasteiger partial charge on any atom is -0.390 e. The minimum absolute atomic E-state index is 0.137. The van der Waals surface area contributed by atoms with E-state index in [0.717, 1.165) is 0 Å². The Hall–Kier alpha value is -1.96. The van der Waals surface area contributed by atoms with Crippen LogP contribution in [0, 0.1) is 10.1 Å². The molecule has 1 aliphatic heterocycles. The number of nitro groups is 1. The number of rotatable bonds is 2. The first kappa shape index (κ1) is 12.5. The summed E-state index contributed by atoms with van der Waals surface area (Å²) < 4.78 is 0. The molecule has 1 aromatic heterocycles. The van der Waals surface area contributed by atoms with Crippen LogP contribution in [0.15, 0.2) is 6.33 Å². The predicted molar refractivity (Wildman–Crippen MR) is 65.2 cm³/mol. The molecule has 3 N–H and O–H groups in total. The van der Waals surface area contributed by atoms with Gasteiger partial charge in [0.05, 0.1) is 10.5 Å². The van der Waals surface area contributed by atoms with Crippen LogP contribution < -0.4 is 10.6 Å². The smallest absolute Gasteiger partial charge is 0.353 e. The van der Waals surface area contributed by atoms with Gasteiger partial charge in [-0.2, -0.15) is 0 Å². The summed E-state index contributed by atoms with van der Waals surface area (Å²) in [4.78, 5) is 19.7. The maximum absolute atomic E-state index is 11.0. The van der Waals surface area contributed by atoms with Crippen LogP contribution in [0.25, 0.3) is 0 Å². The van der Waals surface area contributed by atoms with Crippen LogP contribution >= 0.6 is 0 Å². The molecule has 0 atom stereocenters. The number of hydrogen-bond acceptors (Lipinski definition) is 7. The Labute approximate surface area is 104 Å². The Kier molecular flexibility index (Phi) is 3.04. The van der Waals surface area contributed by atoms with Gasteiger partial charge in [-0.25, -0.2) is 9.97 Å². The first-order chi connectivity index (χ1) is 8.41. The lowest BCUT2D eigenvalue weighted by atomic mass is 9.94. The third-order valence-electron chi connectivity index (χ3n) is 3.15. The third kappa shape index (κ3) is 2.33. The van der Waals surface area contributed by atoms with E-state index in [0.29, 0.717) is 25.9 Å². The molecule has 0 aliphatic carbocycles. The highest BCUT2D eigenvalue weighted by Gasteiger charge is 2.32. The maximum Gasteiger partial charge on any atom is 0.353 e. The Morgan fingerprint density at radius 1 is 1.50 bits per heavy atom. The van der Waals surface area contributed by atoms with Gasteiger partial charge < -0.3 is 15.7 Å². The van der Waals surface area contributed by atoms with E-state index in [1.165, 1.54) is 6.33 Å². The molecule has 8 nitrogen and oxygen atoms in total. The lowest BCUT2D eigenvalue weighted by molar-refractivity contribution is -0.383. The van der Waals surface area contributed by atoms with Gasteiger partial charge in [0.25, 0.3) is 0 Å². The Morgan fingerprint density at radius 2 is 2.11 bits per heavy atom. The highest BCUT2D eigenvalue weighted by molar-refractivity contribution is 5.68. The molecular formula is C10H15N5O3. The normalized spacial score (nSPS) is 18.7. The van der Waals surface area contributed by atoms with E-state index in [4.69, 9.17) is 5.73 Å². The Balaban J connectivity index is 2.30. The Morgan fingerprint density at radius 3 is 2.67 bits per heavy atom. The number of anilines is 2. The van der Waals surface area contributed by atoms with Crippen molar-refractivity contribution in [2.45, 2.75) is 25.4 Å². The van der Waals surface area contributed by atoms with Crippen LogP contribution in [0.2, 0.25) is 0 Å². The number of nitrogens with zero attached hydrogens (tertiary/aromatic N) is 4. The standard InChI is InChI=1S/C10H15N5O3/c1-10(16)2-4-14(5-3-10)9-7(15(17)18)8(11)12-6-13-9/h6,16H,2-5H2,1H3,(H2,11,12,13). The number of piperidine rings is 1. The fourth-order valence-electron chi connectivity index (χ4n) is 1.99. The third-order valence-corrected chi connectivity index (χ3v) is 3.15. The first-order valence-corrected chi connectivity index (χ1v) is 5.63. The molecule has 0 aromatic carbocycles. The minimum atomic E-state index is -0.718. The molecule has 98 valence electrons. The van der Waals surface area contributed by atoms with Crippen LogP contribution in [-0.2, 0) is 0 Å². The number of aromatic nitrogens is 2. The van der Waals surface area contributed by atoms with E-state index in [-0.39, 0.29) is 17.3 Å². The van der Waals surface area contributed by atoms with Crippen LogP contribution in [0.1, 0.15) is 19.8 Å². The molecule has 2 rings (SSSR count). The molecule has 1 fully saturated rings. The molecule has 2 heterocycles. The lowest BCUT2D eigenvalue weighted by Crippen LogP contribution is -2.43. The predicted octanol–water partition coefficient (Wildman–Crippen LogP) is 0.318. The summed E-state index contributed by atoms with van der Waals surface area (Å²) >= 11 is 0. The van der Waals surface area contributed by atoms with Gasteiger partial charge in [0.15, 0.2) is 0 Å². The van der Waals surface area contributed by atoms with Gasteiger partial charge in [0.2, 0.25) is 11.6 Å². The number of hydrogen-bond donors (Lipinski definition) is 2. The topological polar surface area (TPSA) is 118 Å². The SMILES string of the molecule is CC1(O)CCN(c2ncnc(N)c2[N+](=O)[O-])CC1. The van der Waals surface area contributed by atoms with E-state index in [1.54, 1.807) is 11.8 Å². The van der Waals surface area contributed by atoms with Crippen molar-refractivity contribution in [3.63, 3.8) is 0 Å². The summed E-state index contributed by atoms with van der Waals surface area (Å²) in [6, 6.07) is 0. The Bertz CT molecular complexity index is 467. The molecular weight excluding hydrogens is 238 g/mol. The zero-order chi connectivity index (χ0) is 13.3. The van der Waals surface area contributed by atoms with Gasteiger partial charge in [0, 0.05) is 13.1 Å². The molecule has 1 saturated heterocycles. The molecule has 1 aromatic rings. The number of nitrogen functional groups attached to an aromatic ring is 1. The van der Waals surface area contributed by atoms with Gasteiger partial charge in [-0.15, -0.1) is 0 Å². The van der Waals surface area contributed by atoms with Crippen LogP contribution in [0.5, 0.6) is 0 Å². The number of nitrogens with two attached hydrogens (primary N) is 1. The highest BCUT2D eigenvalue weighted by atomic mass is 16.6. The quantitative estimate of drug-likeness (QED) is 0.575. The van der Waals surface area contributed by atoms with E-state index >= 15 is 0 Å². The first-order valence-electron chi connectivity index (χ1n) is 5.63. The molecule has 0 amide bonds. The van der Waals surface area contributed by atoms with Gasteiger partial charge >= 0.3 is 5.69 Å². The average Bonchev–Trinajstić information content (AvgIpc) is 2.28. The zero-order valence-corrected chi connectivity index (χ0v) is 10.0. The van der Waals surface area contributed by atoms with E-state index < -0.39 is 10.5 Å². The van der Waals surface area contributed by atoms with E-state index in [9.17, 15) is 15.2 Å². The van der Waals surface area contributed by atoms with Crippen molar-refractivity contribution >= 4 is 17.3 Å². The second-order valence-electron chi connectivity index (χ2n) is 4.67. The average molecular weight is 253 g/mol. The van der Waals surface area contributed by atoms with Crippen molar-refractivity contribution in [3.05, 3.63) is 16.4 Å². The second-order valence-corrected chi connectivity index (χ2v) is 4.67. The number of aliphatic hydroxyl groups is 1. The monoisotopic (exact) mass is 253 g/mol. The van der Waals surface area contributed by atoms with Crippen LogP contribution in [0.3, 0.4) is 0 Å². The fourth-order valence-corrected chi connectivity index (χ4v) is 1.99. The van der Waals surface area contributed by atoms with Crippen molar-refractivity contribution in [2.24, 2.45) is 0 Å². The summed E-state index contributed by atoms with van der Waals surface area (Å²) in [6.45, 7) is 2.77. The molecule has 18 heavy (non-hydrogen) atoms.